The molecule has 0 aromatic carbocycles. The molecule has 0 saturated carbocycles. The van der Waals surface area contributed by atoms with E-state index in [0.29, 0.717) is 0 Å². The maximum atomic E-state index is 6.27. The summed E-state index contributed by atoms with van der Waals surface area (Å²) in [7, 11) is 2.33. The summed E-state index contributed by atoms with van der Waals surface area (Å²) in [5.74, 6) is 0. The predicted octanol–water partition coefficient (Wildman–Crippen LogP) is 5.65. The SMILES string of the molecule is CCCCCCCCCCCCC1([Si](OC)(OC)OC)CCCCO1. The molecule has 1 rings (SSSR count). The van der Waals surface area contributed by atoms with E-state index >= 15 is 0 Å². The van der Waals surface area contributed by atoms with Gasteiger partial charge >= 0.3 is 8.80 Å². The Hall–Kier alpha value is 0.0569. The first-order chi connectivity index (χ1) is 12.2. The Morgan fingerprint density at radius 1 is 0.760 bits per heavy atom. The number of unbranched alkanes of at least 4 members (excludes halogenated alkanes) is 9. The Balaban J connectivity index is 2.32. The molecule has 0 bridgehead atoms. The van der Waals surface area contributed by atoms with Gasteiger partial charge in [0.1, 0.15) is 5.22 Å². The molecule has 1 saturated heterocycles. The maximum Gasteiger partial charge on any atom is 0.533 e. The van der Waals surface area contributed by atoms with Crippen LogP contribution in [0.15, 0.2) is 0 Å². The van der Waals surface area contributed by atoms with E-state index in [1.807, 2.05) is 0 Å². The summed E-state index contributed by atoms with van der Waals surface area (Å²) in [6.45, 7) is 3.07. The molecule has 5 heteroatoms. The molecule has 1 aliphatic rings. The van der Waals surface area contributed by atoms with Crippen molar-refractivity contribution in [1.29, 1.82) is 0 Å². The largest absolute Gasteiger partial charge is 0.533 e. The fraction of sp³-hybridized carbons (Fsp3) is 1.00. The monoisotopic (exact) mass is 374 g/mol. The number of hydrogen-bond donors (Lipinski definition) is 0. The summed E-state index contributed by atoms with van der Waals surface area (Å²) in [6.07, 6.45) is 17.7. The maximum absolute atomic E-state index is 6.27. The van der Waals surface area contributed by atoms with E-state index in [4.69, 9.17) is 18.0 Å². The third-order valence-electron chi connectivity index (χ3n) is 5.65. The van der Waals surface area contributed by atoms with E-state index in [9.17, 15) is 0 Å². The molecule has 0 amide bonds. The fourth-order valence-electron chi connectivity index (χ4n) is 4.15. The summed E-state index contributed by atoms with van der Waals surface area (Å²) < 4.78 is 23.6. The number of hydrogen-bond acceptors (Lipinski definition) is 4. The predicted molar refractivity (Wildman–Crippen MR) is 106 cm³/mol. The van der Waals surface area contributed by atoms with Crippen LogP contribution >= 0.6 is 0 Å². The number of rotatable bonds is 15. The van der Waals surface area contributed by atoms with Gasteiger partial charge in [-0.05, 0) is 25.7 Å². The normalized spacial score (nSPS) is 21.6. The van der Waals surface area contributed by atoms with Crippen LogP contribution in [0.4, 0.5) is 0 Å². The van der Waals surface area contributed by atoms with Crippen LogP contribution in [0.25, 0.3) is 0 Å². The lowest BCUT2D eigenvalue weighted by atomic mass is 10.0. The van der Waals surface area contributed by atoms with E-state index in [1.165, 1.54) is 70.6 Å². The second-order valence-electron chi connectivity index (χ2n) is 7.40. The van der Waals surface area contributed by atoms with Crippen LogP contribution in [0.5, 0.6) is 0 Å². The Morgan fingerprint density at radius 2 is 1.28 bits per heavy atom. The van der Waals surface area contributed by atoms with Gasteiger partial charge in [0.2, 0.25) is 0 Å². The minimum absolute atomic E-state index is 0.344. The average Bonchev–Trinajstić information content (AvgIpc) is 2.66. The minimum Gasteiger partial charge on any atom is -0.375 e. The Morgan fingerprint density at radius 3 is 1.72 bits per heavy atom. The van der Waals surface area contributed by atoms with Crippen LogP contribution in [-0.4, -0.2) is 42.0 Å². The molecule has 0 radical (unpaired) electrons. The topological polar surface area (TPSA) is 36.9 Å². The van der Waals surface area contributed by atoms with Crippen molar-refractivity contribution in [3.05, 3.63) is 0 Å². The first-order valence-electron chi connectivity index (χ1n) is 10.5. The van der Waals surface area contributed by atoms with Gasteiger partial charge in [-0.15, -0.1) is 0 Å². The summed E-state index contributed by atoms with van der Waals surface area (Å²) in [5.41, 5.74) is 0. The lowest BCUT2D eigenvalue weighted by Crippen LogP contribution is -2.66. The van der Waals surface area contributed by atoms with E-state index in [0.717, 1.165) is 25.9 Å². The molecule has 1 unspecified atom stereocenters. The van der Waals surface area contributed by atoms with Crippen molar-refractivity contribution < 1.29 is 18.0 Å². The molecule has 1 aliphatic heterocycles. The molecular formula is C20H42O4Si. The van der Waals surface area contributed by atoms with Gasteiger partial charge in [-0.2, -0.15) is 0 Å². The second-order valence-corrected chi connectivity index (χ2v) is 10.6. The summed E-state index contributed by atoms with van der Waals surface area (Å²) >= 11 is 0. The Labute approximate surface area is 157 Å². The lowest BCUT2D eigenvalue weighted by Gasteiger charge is -2.45. The molecule has 4 nitrogen and oxygen atoms in total. The molecule has 0 N–H and O–H groups in total. The molecule has 0 spiro atoms. The van der Waals surface area contributed by atoms with Gasteiger partial charge in [0.05, 0.1) is 0 Å². The van der Waals surface area contributed by atoms with Gasteiger partial charge < -0.3 is 18.0 Å². The summed E-state index contributed by atoms with van der Waals surface area (Å²) in [5, 5.41) is -0.344. The second kappa shape index (κ2) is 13.3. The third-order valence-corrected chi connectivity index (χ3v) is 9.02. The fourth-order valence-corrected chi connectivity index (χ4v) is 7.01. The van der Waals surface area contributed by atoms with Crippen molar-refractivity contribution in [2.75, 3.05) is 27.9 Å². The van der Waals surface area contributed by atoms with E-state index in [2.05, 4.69) is 6.92 Å². The zero-order valence-electron chi connectivity index (χ0n) is 17.2. The molecule has 0 aromatic heterocycles. The van der Waals surface area contributed by atoms with Gasteiger partial charge in [0.15, 0.2) is 0 Å². The zero-order chi connectivity index (χ0) is 18.4. The smallest absolute Gasteiger partial charge is 0.375 e. The van der Waals surface area contributed by atoms with Gasteiger partial charge in [-0.25, -0.2) is 0 Å². The molecule has 25 heavy (non-hydrogen) atoms. The van der Waals surface area contributed by atoms with Gasteiger partial charge in [0, 0.05) is 27.9 Å². The van der Waals surface area contributed by atoms with Gasteiger partial charge in [-0.1, -0.05) is 71.1 Å². The Bertz CT molecular complexity index is 307. The van der Waals surface area contributed by atoms with Gasteiger partial charge in [0.25, 0.3) is 0 Å². The molecule has 1 atom stereocenters. The first-order valence-corrected chi connectivity index (χ1v) is 12.2. The number of ether oxygens (including phenoxy) is 1. The standard InChI is InChI=1S/C20H42O4Si/c1-5-6-7-8-9-10-11-12-13-14-17-20(18-15-16-19-24-20)25(21-2,22-3)23-4/h5-19H2,1-4H3. The molecule has 1 heterocycles. The van der Waals surface area contributed by atoms with Crippen molar-refractivity contribution in [1.82, 2.24) is 0 Å². The first kappa shape index (κ1) is 23.1. The molecule has 0 aromatic rings. The average molecular weight is 375 g/mol. The molecule has 1 fully saturated rings. The quantitative estimate of drug-likeness (QED) is 0.274. The highest BCUT2D eigenvalue weighted by atomic mass is 28.4. The van der Waals surface area contributed by atoms with Crippen LogP contribution in [0, 0.1) is 0 Å². The summed E-state index contributed by atoms with van der Waals surface area (Å²) in [4.78, 5) is 0. The molecular weight excluding hydrogens is 332 g/mol. The highest BCUT2D eigenvalue weighted by molar-refractivity contribution is 6.64. The van der Waals surface area contributed by atoms with Gasteiger partial charge in [-0.3, -0.25) is 0 Å². The van der Waals surface area contributed by atoms with E-state index in [-0.39, 0.29) is 5.22 Å². The zero-order valence-corrected chi connectivity index (χ0v) is 18.2. The van der Waals surface area contributed by atoms with Crippen LogP contribution < -0.4 is 0 Å². The highest BCUT2D eigenvalue weighted by Gasteiger charge is 2.61. The van der Waals surface area contributed by atoms with Crippen molar-refractivity contribution in [3.63, 3.8) is 0 Å². The Kier molecular flexibility index (Phi) is 12.3. The molecule has 0 aliphatic carbocycles. The van der Waals surface area contributed by atoms with Crippen LogP contribution in [0.2, 0.25) is 0 Å². The van der Waals surface area contributed by atoms with Crippen molar-refractivity contribution in [2.45, 2.75) is 102 Å². The highest BCUT2D eigenvalue weighted by Crippen LogP contribution is 2.39. The van der Waals surface area contributed by atoms with Crippen LogP contribution in [0.3, 0.4) is 0 Å². The van der Waals surface area contributed by atoms with Crippen molar-refractivity contribution in [2.24, 2.45) is 0 Å². The third kappa shape index (κ3) is 6.94. The van der Waals surface area contributed by atoms with Crippen molar-refractivity contribution >= 4 is 8.80 Å². The molecule has 150 valence electrons. The van der Waals surface area contributed by atoms with E-state index in [1.54, 1.807) is 21.3 Å². The lowest BCUT2D eigenvalue weighted by molar-refractivity contribution is -0.0878. The summed E-state index contributed by atoms with van der Waals surface area (Å²) in [6, 6.07) is 0. The van der Waals surface area contributed by atoms with E-state index < -0.39 is 8.80 Å². The van der Waals surface area contributed by atoms with Crippen LogP contribution in [-0.2, 0) is 18.0 Å². The van der Waals surface area contributed by atoms with Crippen LogP contribution in [0.1, 0.15) is 96.8 Å². The van der Waals surface area contributed by atoms with Crippen molar-refractivity contribution in [3.8, 4) is 0 Å². The minimum atomic E-state index is -2.78.